The van der Waals surface area contributed by atoms with E-state index in [1.807, 2.05) is 18.5 Å². The van der Waals surface area contributed by atoms with Gasteiger partial charge in [0.25, 0.3) is 0 Å². The normalized spacial score (nSPS) is 28.9. The molecule has 1 heterocycles. The number of thiazole rings is 1. The van der Waals surface area contributed by atoms with Crippen molar-refractivity contribution in [3.63, 3.8) is 0 Å². The lowest BCUT2D eigenvalue weighted by molar-refractivity contribution is -0.133. The minimum absolute atomic E-state index is 0.166. The average Bonchev–Trinajstić information content (AvgIpc) is 2.87. The first-order chi connectivity index (χ1) is 8.80. The van der Waals surface area contributed by atoms with Gasteiger partial charge >= 0.3 is 0 Å². The first kappa shape index (κ1) is 13.9. The Bertz CT molecular complexity index is 345. The molecule has 4 atom stereocenters. The fourth-order valence-electron chi connectivity index (χ4n) is 2.47. The van der Waals surface area contributed by atoms with Crippen LogP contribution in [0.1, 0.15) is 37.7 Å². The number of nitrogens with zero attached hydrogens (tertiary/aromatic N) is 1. The van der Waals surface area contributed by atoms with E-state index >= 15 is 0 Å². The van der Waals surface area contributed by atoms with Gasteiger partial charge in [-0.05, 0) is 19.8 Å². The number of hydrogen-bond donors (Lipinski definition) is 1. The number of hydrogen-bond acceptors (Lipinski definition) is 5. The van der Waals surface area contributed by atoms with Crippen LogP contribution in [0.3, 0.4) is 0 Å². The van der Waals surface area contributed by atoms with E-state index in [-0.39, 0.29) is 12.2 Å². The van der Waals surface area contributed by atoms with Crippen LogP contribution in [0.15, 0.2) is 11.6 Å². The van der Waals surface area contributed by atoms with Gasteiger partial charge in [-0.3, -0.25) is 0 Å². The Hall–Kier alpha value is -0.490. The second-order valence-corrected chi connectivity index (χ2v) is 5.46. The maximum Gasteiger partial charge on any atom is 0.109 e. The van der Waals surface area contributed by atoms with Crippen LogP contribution < -0.4 is 5.32 Å². The van der Waals surface area contributed by atoms with Crippen molar-refractivity contribution in [3.8, 4) is 0 Å². The summed E-state index contributed by atoms with van der Waals surface area (Å²) in [5.41, 5.74) is 0. The van der Waals surface area contributed by atoms with Crippen LogP contribution >= 0.6 is 11.3 Å². The third-order valence-electron chi connectivity index (χ3n) is 3.48. The highest BCUT2D eigenvalue weighted by molar-refractivity contribution is 7.09. The van der Waals surface area contributed by atoms with Crippen molar-refractivity contribution < 1.29 is 9.47 Å². The van der Waals surface area contributed by atoms with Crippen molar-refractivity contribution in [2.45, 2.75) is 51.0 Å². The van der Waals surface area contributed by atoms with Crippen molar-refractivity contribution in [2.24, 2.45) is 0 Å². The van der Waals surface area contributed by atoms with E-state index in [4.69, 9.17) is 9.47 Å². The van der Waals surface area contributed by atoms with Crippen LogP contribution in [0.2, 0.25) is 0 Å². The second kappa shape index (κ2) is 6.61. The minimum atomic E-state index is 0.166. The van der Waals surface area contributed by atoms with Crippen LogP contribution in [0.4, 0.5) is 0 Å². The van der Waals surface area contributed by atoms with E-state index in [0.717, 1.165) is 24.5 Å². The molecule has 1 aliphatic rings. The van der Waals surface area contributed by atoms with Crippen LogP contribution in [-0.2, 0) is 9.47 Å². The lowest BCUT2D eigenvalue weighted by atomic mass is 9.84. The summed E-state index contributed by atoms with van der Waals surface area (Å²) in [6, 6.07) is 0.704. The van der Waals surface area contributed by atoms with Gasteiger partial charge in [-0.2, -0.15) is 0 Å². The zero-order chi connectivity index (χ0) is 13.0. The lowest BCUT2D eigenvalue weighted by Gasteiger charge is -2.44. The van der Waals surface area contributed by atoms with Gasteiger partial charge in [-0.1, -0.05) is 6.92 Å². The Kier molecular flexibility index (Phi) is 5.12. The van der Waals surface area contributed by atoms with Gasteiger partial charge in [0.1, 0.15) is 5.01 Å². The first-order valence-corrected chi connectivity index (χ1v) is 7.47. The molecular weight excluding hydrogens is 248 g/mol. The number of rotatable bonds is 7. The summed E-state index contributed by atoms with van der Waals surface area (Å²) in [5.74, 6) is 0. The summed E-state index contributed by atoms with van der Waals surface area (Å²) in [5, 5.41) is 6.82. The van der Waals surface area contributed by atoms with Gasteiger partial charge in [-0.25, -0.2) is 4.98 Å². The molecule has 0 spiro atoms. The lowest BCUT2D eigenvalue weighted by Crippen LogP contribution is -2.60. The highest BCUT2D eigenvalue weighted by atomic mass is 32.1. The van der Waals surface area contributed by atoms with E-state index in [1.54, 1.807) is 18.4 Å². The molecular formula is C13H22N2O2S. The second-order valence-electron chi connectivity index (χ2n) is 4.53. The van der Waals surface area contributed by atoms with E-state index in [9.17, 15) is 0 Å². The van der Waals surface area contributed by atoms with Crippen molar-refractivity contribution in [1.29, 1.82) is 0 Å². The molecule has 0 saturated heterocycles. The molecule has 0 amide bonds. The fourth-order valence-corrected chi connectivity index (χ4v) is 3.25. The fraction of sp³-hybridized carbons (Fsp3) is 0.769. The molecule has 18 heavy (non-hydrogen) atoms. The molecule has 5 heteroatoms. The third-order valence-corrected chi connectivity index (χ3v) is 4.36. The van der Waals surface area contributed by atoms with Crippen molar-refractivity contribution in [3.05, 3.63) is 16.6 Å². The number of aromatic nitrogens is 1. The van der Waals surface area contributed by atoms with Gasteiger partial charge in [0.15, 0.2) is 0 Å². The summed E-state index contributed by atoms with van der Waals surface area (Å²) >= 11 is 1.71. The van der Waals surface area contributed by atoms with E-state index in [0.29, 0.717) is 12.1 Å². The molecule has 0 aromatic carbocycles. The number of methoxy groups -OCH3 is 1. The zero-order valence-electron chi connectivity index (χ0n) is 11.3. The van der Waals surface area contributed by atoms with E-state index in [1.165, 1.54) is 0 Å². The summed E-state index contributed by atoms with van der Waals surface area (Å²) in [6.07, 6.45) is 4.33. The Morgan fingerprint density at radius 3 is 2.94 bits per heavy atom. The topological polar surface area (TPSA) is 43.4 Å². The molecule has 4 nitrogen and oxygen atoms in total. The maximum atomic E-state index is 5.64. The van der Waals surface area contributed by atoms with Gasteiger partial charge < -0.3 is 14.8 Å². The summed E-state index contributed by atoms with van der Waals surface area (Å²) in [6.45, 7) is 4.96. The summed E-state index contributed by atoms with van der Waals surface area (Å²) in [7, 11) is 1.76. The van der Waals surface area contributed by atoms with Crippen molar-refractivity contribution in [2.75, 3.05) is 13.7 Å². The standard InChI is InChI=1S/C13H22N2O2S/c1-4-9(13-14-6-7-18-13)15-10-8-11(17-5-2)12(10)16-3/h6-7,9-12,15H,4-5,8H2,1-3H3. The molecule has 102 valence electrons. The zero-order valence-corrected chi connectivity index (χ0v) is 12.1. The minimum Gasteiger partial charge on any atom is -0.377 e. The van der Waals surface area contributed by atoms with Crippen LogP contribution in [-0.4, -0.2) is 37.0 Å². The quantitative estimate of drug-likeness (QED) is 0.826. The maximum absolute atomic E-state index is 5.64. The summed E-state index contributed by atoms with van der Waals surface area (Å²) in [4.78, 5) is 4.39. The molecule has 0 aliphatic heterocycles. The molecule has 0 bridgehead atoms. The van der Waals surface area contributed by atoms with Gasteiger partial charge in [0.2, 0.25) is 0 Å². The highest BCUT2D eigenvalue weighted by Gasteiger charge is 2.42. The Balaban J connectivity index is 1.89. The molecule has 1 N–H and O–H groups in total. The van der Waals surface area contributed by atoms with E-state index in [2.05, 4.69) is 17.2 Å². The smallest absolute Gasteiger partial charge is 0.109 e. The predicted molar refractivity (Wildman–Crippen MR) is 72.9 cm³/mol. The molecule has 1 fully saturated rings. The largest absolute Gasteiger partial charge is 0.377 e. The average molecular weight is 270 g/mol. The SMILES string of the molecule is CCOC1CC(NC(CC)c2nccs2)C1OC. The molecule has 1 aromatic rings. The molecule has 0 radical (unpaired) electrons. The van der Waals surface area contributed by atoms with Crippen LogP contribution in [0, 0.1) is 0 Å². The van der Waals surface area contributed by atoms with E-state index < -0.39 is 0 Å². The molecule has 1 aliphatic carbocycles. The monoisotopic (exact) mass is 270 g/mol. The summed E-state index contributed by atoms with van der Waals surface area (Å²) < 4.78 is 11.2. The van der Waals surface area contributed by atoms with Gasteiger partial charge in [-0.15, -0.1) is 11.3 Å². The molecule has 1 saturated carbocycles. The van der Waals surface area contributed by atoms with Crippen LogP contribution in [0.5, 0.6) is 0 Å². The number of nitrogens with one attached hydrogen (secondary N) is 1. The van der Waals surface area contributed by atoms with Crippen LogP contribution in [0.25, 0.3) is 0 Å². The Labute approximate surface area is 113 Å². The molecule has 4 unspecified atom stereocenters. The van der Waals surface area contributed by atoms with Gasteiger partial charge in [0.05, 0.1) is 18.2 Å². The third kappa shape index (κ3) is 2.91. The van der Waals surface area contributed by atoms with Crippen molar-refractivity contribution >= 4 is 11.3 Å². The molecule has 2 rings (SSSR count). The highest BCUT2D eigenvalue weighted by Crippen LogP contribution is 2.30. The molecule has 1 aromatic heterocycles. The number of ether oxygens (including phenoxy) is 2. The first-order valence-electron chi connectivity index (χ1n) is 6.59. The van der Waals surface area contributed by atoms with Gasteiger partial charge in [0, 0.05) is 31.3 Å². The predicted octanol–water partition coefficient (Wildman–Crippen LogP) is 2.38. The van der Waals surface area contributed by atoms with Crippen molar-refractivity contribution in [1.82, 2.24) is 10.3 Å². The Morgan fingerprint density at radius 2 is 2.39 bits per heavy atom. The Morgan fingerprint density at radius 1 is 1.56 bits per heavy atom.